The molecule has 0 bridgehead atoms. The number of nitrogens with zero attached hydrogens (tertiary/aromatic N) is 4. The zero-order chi connectivity index (χ0) is 21.1. The number of nitriles is 1. The lowest BCUT2D eigenvalue weighted by molar-refractivity contribution is 0.0930. The summed E-state index contributed by atoms with van der Waals surface area (Å²) in [5.74, 6) is -1.35. The van der Waals surface area contributed by atoms with Crippen LogP contribution >= 0.6 is 11.6 Å². The SMILES string of the molecule is CC(=O)c1cc(C(=O)N[C@H](C)Cn2ccc(-c3cc(F)c(C#N)c(Cl)c3)n2)[nH]n1. The van der Waals surface area contributed by atoms with Crippen molar-refractivity contribution in [2.45, 2.75) is 26.4 Å². The summed E-state index contributed by atoms with van der Waals surface area (Å²) in [7, 11) is 0. The Morgan fingerprint density at radius 3 is 2.79 bits per heavy atom. The second-order valence-corrected chi connectivity index (χ2v) is 6.85. The largest absolute Gasteiger partial charge is 0.346 e. The van der Waals surface area contributed by atoms with Gasteiger partial charge in [-0.2, -0.15) is 15.5 Å². The Labute approximate surface area is 170 Å². The number of ketones is 1. The molecule has 0 fully saturated rings. The van der Waals surface area contributed by atoms with Gasteiger partial charge >= 0.3 is 0 Å². The Kier molecular flexibility index (Phi) is 5.75. The molecule has 0 saturated heterocycles. The average molecular weight is 415 g/mol. The Balaban J connectivity index is 1.67. The third kappa shape index (κ3) is 4.50. The van der Waals surface area contributed by atoms with Crippen molar-refractivity contribution in [3.63, 3.8) is 0 Å². The van der Waals surface area contributed by atoms with Gasteiger partial charge in [0.05, 0.1) is 17.3 Å². The first-order valence-corrected chi connectivity index (χ1v) is 8.96. The number of rotatable bonds is 6. The fraction of sp³-hybridized carbons (Fsp3) is 0.211. The molecule has 29 heavy (non-hydrogen) atoms. The van der Waals surface area contributed by atoms with Crippen molar-refractivity contribution < 1.29 is 14.0 Å². The molecule has 1 amide bonds. The van der Waals surface area contributed by atoms with Crippen LogP contribution in [0.25, 0.3) is 11.3 Å². The van der Waals surface area contributed by atoms with Crippen molar-refractivity contribution in [1.82, 2.24) is 25.3 Å². The van der Waals surface area contributed by atoms with Crippen molar-refractivity contribution in [2.75, 3.05) is 0 Å². The van der Waals surface area contributed by atoms with Crippen molar-refractivity contribution in [2.24, 2.45) is 0 Å². The van der Waals surface area contributed by atoms with E-state index >= 15 is 0 Å². The first-order valence-electron chi connectivity index (χ1n) is 8.58. The predicted molar refractivity (Wildman–Crippen MR) is 103 cm³/mol. The quantitative estimate of drug-likeness (QED) is 0.601. The van der Waals surface area contributed by atoms with E-state index in [4.69, 9.17) is 16.9 Å². The van der Waals surface area contributed by atoms with Crippen LogP contribution in [0.5, 0.6) is 0 Å². The highest BCUT2D eigenvalue weighted by molar-refractivity contribution is 6.32. The van der Waals surface area contributed by atoms with Crippen LogP contribution < -0.4 is 5.32 Å². The maximum Gasteiger partial charge on any atom is 0.269 e. The van der Waals surface area contributed by atoms with Crippen molar-refractivity contribution in [3.8, 4) is 17.3 Å². The number of hydrogen-bond donors (Lipinski definition) is 2. The Morgan fingerprint density at radius 2 is 2.17 bits per heavy atom. The third-order valence-corrected chi connectivity index (χ3v) is 4.41. The van der Waals surface area contributed by atoms with Gasteiger partial charge in [-0.1, -0.05) is 11.6 Å². The molecule has 3 rings (SSSR count). The lowest BCUT2D eigenvalue weighted by Gasteiger charge is -2.13. The highest BCUT2D eigenvalue weighted by Gasteiger charge is 2.16. The number of carbonyl (C=O) groups excluding carboxylic acids is 2. The van der Waals surface area contributed by atoms with Gasteiger partial charge in [-0.15, -0.1) is 0 Å². The molecule has 3 aromatic rings. The number of H-pyrrole nitrogens is 1. The van der Waals surface area contributed by atoms with Gasteiger partial charge in [0.2, 0.25) is 0 Å². The number of carbonyl (C=O) groups is 2. The van der Waals surface area contributed by atoms with Crippen LogP contribution in [0.2, 0.25) is 5.02 Å². The lowest BCUT2D eigenvalue weighted by Crippen LogP contribution is -2.36. The first-order chi connectivity index (χ1) is 13.8. The van der Waals surface area contributed by atoms with E-state index in [0.717, 1.165) is 0 Å². The summed E-state index contributed by atoms with van der Waals surface area (Å²) in [6.45, 7) is 3.51. The summed E-state index contributed by atoms with van der Waals surface area (Å²) in [5, 5.41) is 22.4. The number of amides is 1. The third-order valence-electron chi connectivity index (χ3n) is 4.11. The van der Waals surface area contributed by atoms with E-state index in [0.29, 0.717) is 17.8 Å². The number of halogens is 2. The first kappa shape index (κ1) is 20.2. The highest BCUT2D eigenvalue weighted by atomic mass is 35.5. The normalized spacial score (nSPS) is 11.7. The molecular formula is C19H16ClFN6O2. The van der Waals surface area contributed by atoms with E-state index in [1.165, 1.54) is 25.1 Å². The molecule has 8 nitrogen and oxygen atoms in total. The summed E-state index contributed by atoms with van der Waals surface area (Å²) < 4.78 is 15.5. The minimum absolute atomic E-state index is 0.0159. The van der Waals surface area contributed by atoms with Crippen LogP contribution in [0.1, 0.15) is 40.4 Å². The topological polar surface area (TPSA) is 116 Å². The zero-order valence-corrected chi connectivity index (χ0v) is 16.3. The Morgan fingerprint density at radius 1 is 1.41 bits per heavy atom. The molecule has 1 aromatic carbocycles. The van der Waals surface area contributed by atoms with Gasteiger partial charge in [0, 0.05) is 24.7 Å². The molecule has 0 spiro atoms. The van der Waals surface area contributed by atoms with Gasteiger partial charge in [-0.25, -0.2) is 4.39 Å². The van der Waals surface area contributed by atoms with Gasteiger partial charge in [0.1, 0.15) is 28.8 Å². The lowest BCUT2D eigenvalue weighted by atomic mass is 10.1. The average Bonchev–Trinajstić information content (AvgIpc) is 3.31. The van der Waals surface area contributed by atoms with Gasteiger partial charge in [-0.05, 0) is 31.2 Å². The molecule has 2 heterocycles. The molecule has 2 aromatic heterocycles. The minimum atomic E-state index is -0.713. The number of aromatic nitrogens is 4. The maximum absolute atomic E-state index is 14.0. The van der Waals surface area contributed by atoms with Gasteiger partial charge in [0.25, 0.3) is 5.91 Å². The van der Waals surface area contributed by atoms with E-state index in [1.54, 1.807) is 29.9 Å². The van der Waals surface area contributed by atoms with Crippen LogP contribution in [-0.2, 0) is 6.54 Å². The van der Waals surface area contributed by atoms with Gasteiger partial charge in [0.15, 0.2) is 5.78 Å². The Bertz CT molecular complexity index is 1110. The summed E-state index contributed by atoms with van der Waals surface area (Å²) in [4.78, 5) is 23.5. The highest BCUT2D eigenvalue weighted by Crippen LogP contribution is 2.26. The minimum Gasteiger partial charge on any atom is -0.346 e. The zero-order valence-electron chi connectivity index (χ0n) is 15.5. The second kappa shape index (κ2) is 8.24. The van der Waals surface area contributed by atoms with Crippen molar-refractivity contribution in [1.29, 1.82) is 5.26 Å². The molecular weight excluding hydrogens is 399 g/mol. The van der Waals surface area contributed by atoms with E-state index in [2.05, 4.69) is 20.6 Å². The standard InChI is InChI=1S/C19H16ClFN6O2/c1-10(23-19(29)18-7-17(11(2)28)24-25-18)9-27-4-3-16(26-27)12-5-14(20)13(8-22)15(21)6-12/h3-7,10H,9H2,1-2H3,(H,23,29)(H,24,25)/t10-/m1/s1. The monoisotopic (exact) mass is 414 g/mol. The fourth-order valence-corrected chi connectivity index (χ4v) is 2.94. The number of benzene rings is 1. The predicted octanol–water partition coefficient (Wildman–Crippen LogP) is 2.96. The van der Waals surface area contributed by atoms with Crippen LogP contribution in [0.4, 0.5) is 4.39 Å². The molecule has 0 unspecified atom stereocenters. The van der Waals surface area contributed by atoms with E-state index in [1.807, 2.05) is 0 Å². The van der Waals surface area contributed by atoms with Gasteiger partial charge in [-0.3, -0.25) is 19.4 Å². The molecule has 0 aliphatic carbocycles. The molecule has 10 heteroatoms. The second-order valence-electron chi connectivity index (χ2n) is 6.45. The number of Topliss-reactive ketones (excluding diaryl/α,β-unsaturated/α-hetero) is 1. The molecule has 0 aliphatic rings. The van der Waals surface area contributed by atoms with Crippen LogP contribution in [-0.4, -0.2) is 37.7 Å². The number of hydrogen-bond acceptors (Lipinski definition) is 5. The van der Waals surface area contributed by atoms with Crippen LogP contribution in [0, 0.1) is 17.1 Å². The molecule has 148 valence electrons. The molecule has 0 aliphatic heterocycles. The summed E-state index contributed by atoms with van der Waals surface area (Å²) in [6, 6.07) is 7.17. The number of aromatic amines is 1. The van der Waals surface area contributed by atoms with E-state index in [9.17, 15) is 14.0 Å². The molecule has 2 N–H and O–H groups in total. The Hall–Kier alpha value is -3.51. The van der Waals surface area contributed by atoms with Crippen LogP contribution in [0.15, 0.2) is 30.5 Å². The number of nitrogens with one attached hydrogen (secondary N) is 2. The van der Waals surface area contributed by atoms with Crippen molar-refractivity contribution >= 4 is 23.3 Å². The smallest absolute Gasteiger partial charge is 0.269 e. The van der Waals surface area contributed by atoms with Crippen molar-refractivity contribution in [3.05, 3.63) is 58.3 Å². The summed E-state index contributed by atoms with van der Waals surface area (Å²) in [5.41, 5.74) is 1.08. The van der Waals surface area contributed by atoms with E-state index in [-0.39, 0.29) is 33.8 Å². The van der Waals surface area contributed by atoms with Crippen LogP contribution in [0.3, 0.4) is 0 Å². The maximum atomic E-state index is 14.0. The van der Waals surface area contributed by atoms with Gasteiger partial charge < -0.3 is 5.32 Å². The van der Waals surface area contributed by atoms with E-state index < -0.39 is 11.7 Å². The summed E-state index contributed by atoms with van der Waals surface area (Å²) >= 11 is 5.94. The summed E-state index contributed by atoms with van der Waals surface area (Å²) in [6.07, 6.45) is 1.69. The molecule has 0 radical (unpaired) electrons. The molecule has 1 atom stereocenters. The fourth-order valence-electron chi connectivity index (χ4n) is 2.69. The molecule has 0 saturated carbocycles.